The first-order valence-corrected chi connectivity index (χ1v) is 7.60. The van der Waals surface area contributed by atoms with Crippen LogP contribution in [0.25, 0.3) is 11.3 Å². The number of hydrogen-bond acceptors (Lipinski definition) is 3. The second-order valence-electron chi connectivity index (χ2n) is 6.66. The van der Waals surface area contributed by atoms with Crippen LogP contribution in [0.15, 0.2) is 30.5 Å². The Morgan fingerprint density at radius 3 is 2.95 bits per heavy atom. The first-order chi connectivity index (χ1) is 10.0. The normalized spacial score (nSPS) is 18.8. The molecular formula is C17H24N4. The molecule has 0 atom stereocenters. The lowest BCUT2D eigenvalue weighted by molar-refractivity contribution is 0.148. The molecule has 2 N–H and O–H groups in total. The summed E-state index contributed by atoms with van der Waals surface area (Å²) in [4.78, 5) is 2.50. The molecule has 0 aliphatic carbocycles. The number of rotatable bonds is 3. The zero-order valence-electron chi connectivity index (χ0n) is 13.1. The number of piperazine rings is 1. The summed E-state index contributed by atoms with van der Waals surface area (Å²) in [5.41, 5.74) is 5.10. The van der Waals surface area contributed by atoms with Crippen LogP contribution in [-0.4, -0.2) is 40.3 Å². The van der Waals surface area contributed by atoms with Gasteiger partial charge >= 0.3 is 0 Å². The average Bonchev–Trinajstić information content (AvgIpc) is 2.85. The summed E-state index contributed by atoms with van der Waals surface area (Å²) in [6, 6.07) is 8.58. The minimum atomic E-state index is 0.186. The van der Waals surface area contributed by atoms with Gasteiger partial charge in [-0.1, -0.05) is 23.8 Å². The van der Waals surface area contributed by atoms with Crippen molar-refractivity contribution in [1.82, 2.24) is 20.4 Å². The quantitative estimate of drug-likeness (QED) is 0.910. The van der Waals surface area contributed by atoms with Crippen molar-refractivity contribution < 1.29 is 0 Å². The predicted octanol–water partition coefficient (Wildman–Crippen LogP) is 2.57. The van der Waals surface area contributed by atoms with E-state index in [9.17, 15) is 0 Å². The molecule has 0 radical (unpaired) electrons. The fourth-order valence-electron chi connectivity index (χ4n) is 3.10. The van der Waals surface area contributed by atoms with Gasteiger partial charge in [-0.05, 0) is 26.8 Å². The molecule has 2 aromatic rings. The van der Waals surface area contributed by atoms with E-state index in [-0.39, 0.29) is 5.54 Å². The maximum atomic E-state index is 4.26. The molecule has 1 aliphatic rings. The number of aryl methyl sites for hydroxylation is 1. The molecule has 2 heterocycles. The number of benzene rings is 1. The molecule has 1 aromatic carbocycles. The summed E-state index contributed by atoms with van der Waals surface area (Å²) in [5, 5.41) is 11.0. The van der Waals surface area contributed by atoms with Gasteiger partial charge in [-0.3, -0.25) is 10.00 Å². The summed E-state index contributed by atoms with van der Waals surface area (Å²) in [5.74, 6) is 0. The molecule has 1 aliphatic heterocycles. The van der Waals surface area contributed by atoms with Crippen molar-refractivity contribution in [2.75, 3.05) is 19.6 Å². The third kappa shape index (κ3) is 3.34. The molecule has 0 amide bonds. The van der Waals surface area contributed by atoms with Gasteiger partial charge in [0.25, 0.3) is 0 Å². The monoisotopic (exact) mass is 284 g/mol. The maximum Gasteiger partial charge on any atom is 0.0695 e. The molecule has 0 spiro atoms. The molecule has 4 heteroatoms. The van der Waals surface area contributed by atoms with Crippen LogP contribution < -0.4 is 5.32 Å². The number of nitrogens with one attached hydrogen (secondary N) is 2. The van der Waals surface area contributed by atoms with Crippen LogP contribution in [0.5, 0.6) is 0 Å². The minimum absolute atomic E-state index is 0.186. The number of nitrogens with zero attached hydrogens (tertiary/aromatic N) is 2. The van der Waals surface area contributed by atoms with Crippen molar-refractivity contribution in [1.29, 1.82) is 0 Å². The van der Waals surface area contributed by atoms with E-state index in [1.54, 1.807) is 0 Å². The molecule has 3 rings (SSSR count). The van der Waals surface area contributed by atoms with E-state index in [1.807, 2.05) is 6.20 Å². The van der Waals surface area contributed by atoms with Crippen molar-refractivity contribution in [3.8, 4) is 11.3 Å². The topological polar surface area (TPSA) is 44.0 Å². The number of H-pyrrole nitrogens is 1. The molecule has 0 bridgehead atoms. The van der Waals surface area contributed by atoms with Crippen molar-refractivity contribution in [3.63, 3.8) is 0 Å². The summed E-state index contributed by atoms with van der Waals surface area (Å²) in [7, 11) is 0. The molecule has 1 fully saturated rings. The number of hydrogen-bond donors (Lipinski definition) is 2. The summed E-state index contributed by atoms with van der Waals surface area (Å²) in [6.45, 7) is 10.8. The fourth-order valence-corrected chi connectivity index (χ4v) is 3.10. The van der Waals surface area contributed by atoms with Gasteiger partial charge in [0.2, 0.25) is 0 Å². The fraction of sp³-hybridized carbons (Fsp3) is 0.471. The van der Waals surface area contributed by atoms with Crippen LogP contribution in [0, 0.1) is 6.92 Å². The van der Waals surface area contributed by atoms with Gasteiger partial charge in [0.1, 0.15) is 0 Å². The van der Waals surface area contributed by atoms with Crippen molar-refractivity contribution in [3.05, 3.63) is 41.6 Å². The Labute approximate surface area is 126 Å². The van der Waals surface area contributed by atoms with Crippen LogP contribution in [0.3, 0.4) is 0 Å². The van der Waals surface area contributed by atoms with Gasteiger partial charge in [0.05, 0.1) is 11.9 Å². The Morgan fingerprint density at radius 2 is 2.19 bits per heavy atom. The number of aromatic amines is 1. The molecule has 1 aromatic heterocycles. The average molecular weight is 284 g/mol. The van der Waals surface area contributed by atoms with Gasteiger partial charge in [-0.25, -0.2) is 0 Å². The van der Waals surface area contributed by atoms with Crippen LogP contribution >= 0.6 is 0 Å². The Morgan fingerprint density at radius 1 is 1.33 bits per heavy atom. The lowest BCUT2D eigenvalue weighted by atomic mass is 10.0. The standard InChI is InChI=1S/C17H24N4/c1-13-5-4-6-14(9-13)16-15(10-19-20-16)11-21-8-7-18-17(2,3)12-21/h4-6,9-10,18H,7-8,11-12H2,1-3H3,(H,19,20). The summed E-state index contributed by atoms with van der Waals surface area (Å²) in [6.07, 6.45) is 1.96. The van der Waals surface area contributed by atoms with E-state index < -0.39 is 0 Å². The Balaban J connectivity index is 1.80. The lowest BCUT2D eigenvalue weighted by Crippen LogP contribution is -2.56. The molecule has 21 heavy (non-hydrogen) atoms. The SMILES string of the molecule is Cc1cccc(-c2[nH]ncc2CN2CCNC(C)(C)C2)c1. The third-order valence-electron chi connectivity index (χ3n) is 4.07. The first-order valence-electron chi connectivity index (χ1n) is 7.60. The molecule has 1 saturated heterocycles. The van der Waals surface area contributed by atoms with Gasteiger partial charge in [0.15, 0.2) is 0 Å². The van der Waals surface area contributed by atoms with E-state index >= 15 is 0 Å². The molecule has 4 nitrogen and oxygen atoms in total. The summed E-state index contributed by atoms with van der Waals surface area (Å²) < 4.78 is 0. The van der Waals surface area contributed by atoms with E-state index in [1.165, 1.54) is 16.7 Å². The minimum Gasteiger partial charge on any atom is -0.309 e. The predicted molar refractivity (Wildman–Crippen MR) is 86.1 cm³/mol. The highest BCUT2D eigenvalue weighted by molar-refractivity contribution is 5.63. The van der Waals surface area contributed by atoms with Gasteiger partial charge < -0.3 is 5.32 Å². The van der Waals surface area contributed by atoms with Crippen LogP contribution in [0.1, 0.15) is 25.0 Å². The Bertz CT molecular complexity index is 615. The zero-order chi connectivity index (χ0) is 14.9. The second-order valence-corrected chi connectivity index (χ2v) is 6.66. The zero-order valence-corrected chi connectivity index (χ0v) is 13.1. The van der Waals surface area contributed by atoms with Crippen LogP contribution in [-0.2, 0) is 6.54 Å². The van der Waals surface area contributed by atoms with Crippen molar-refractivity contribution in [2.24, 2.45) is 0 Å². The molecule has 112 valence electrons. The molecule has 0 unspecified atom stereocenters. The summed E-state index contributed by atoms with van der Waals surface area (Å²) >= 11 is 0. The Kier molecular flexibility index (Phi) is 3.83. The van der Waals surface area contributed by atoms with E-state index in [0.717, 1.165) is 31.9 Å². The highest BCUT2D eigenvalue weighted by Gasteiger charge is 2.26. The molecule has 0 saturated carbocycles. The molecular weight excluding hydrogens is 260 g/mol. The van der Waals surface area contributed by atoms with E-state index in [2.05, 4.69) is 65.5 Å². The lowest BCUT2D eigenvalue weighted by Gasteiger charge is -2.39. The van der Waals surface area contributed by atoms with E-state index in [0.29, 0.717) is 0 Å². The first kappa shape index (κ1) is 14.3. The maximum absolute atomic E-state index is 4.26. The highest BCUT2D eigenvalue weighted by atomic mass is 15.2. The highest BCUT2D eigenvalue weighted by Crippen LogP contribution is 2.24. The smallest absolute Gasteiger partial charge is 0.0695 e. The largest absolute Gasteiger partial charge is 0.309 e. The van der Waals surface area contributed by atoms with Gasteiger partial charge in [-0.2, -0.15) is 5.10 Å². The van der Waals surface area contributed by atoms with Crippen LogP contribution in [0.4, 0.5) is 0 Å². The third-order valence-corrected chi connectivity index (χ3v) is 4.07. The van der Waals surface area contributed by atoms with Crippen molar-refractivity contribution in [2.45, 2.75) is 32.9 Å². The van der Waals surface area contributed by atoms with Gasteiger partial charge in [0, 0.05) is 42.8 Å². The second kappa shape index (κ2) is 5.62. The van der Waals surface area contributed by atoms with Gasteiger partial charge in [-0.15, -0.1) is 0 Å². The van der Waals surface area contributed by atoms with E-state index in [4.69, 9.17) is 0 Å². The Hall–Kier alpha value is -1.65. The van der Waals surface area contributed by atoms with Crippen LogP contribution in [0.2, 0.25) is 0 Å². The number of aromatic nitrogens is 2. The van der Waals surface area contributed by atoms with Crippen molar-refractivity contribution >= 4 is 0 Å².